The molecule has 0 bridgehead atoms. The minimum absolute atomic E-state index is 0.00639. The molecule has 1 amide bonds. The fourth-order valence-electron chi connectivity index (χ4n) is 1.89. The summed E-state index contributed by atoms with van der Waals surface area (Å²) in [5.41, 5.74) is 5.49. The van der Waals surface area contributed by atoms with E-state index in [1.54, 1.807) is 0 Å². The van der Waals surface area contributed by atoms with Crippen LogP contribution in [0.15, 0.2) is 0 Å². The van der Waals surface area contributed by atoms with Crippen LogP contribution in [-0.4, -0.2) is 16.9 Å². The maximum Gasteiger partial charge on any atom is 0.230 e. The molecule has 1 aliphatic carbocycles. The van der Waals surface area contributed by atoms with E-state index in [0.29, 0.717) is 17.5 Å². The molecule has 0 aromatic carbocycles. The number of carbonyl (C=O) groups excluding carboxylic acids is 1. The second-order valence-corrected chi connectivity index (χ2v) is 4.32. The van der Waals surface area contributed by atoms with E-state index in [1.807, 2.05) is 6.92 Å². The van der Waals surface area contributed by atoms with Crippen molar-refractivity contribution in [1.29, 1.82) is 0 Å². The zero-order chi connectivity index (χ0) is 10.6. The quantitative estimate of drug-likeness (QED) is 0.695. The van der Waals surface area contributed by atoms with Crippen LogP contribution in [0.2, 0.25) is 0 Å². The number of hydrogen-bond acceptors (Lipinski definition) is 2. The summed E-state index contributed by atoms with van der Waals surface area (Å²) in [4.78, 5) is 12.0. The van der Waals surface area contributed by atoms with Gasteiger partial charge >= 0.3 is 0 Å². The highest BCUT2D eigenvalue weighted by Gasteiger charge is 2.23. The molecule has 0 aromatic rings. The maximum absolute atomic E-state index is 11.7. The fraction of sp³-hybridized carbons (Fsp3) is 0.800. The van der Waals surface area contributed by atoms with Gasteiger partial charge in [0.1, 0.15) is 0 Å². The molecular weight excluding hydrogens is 196 g/mol. The molecule has 1 saturated carbocycles. The first kappa shape index (κ1) is 11.4. The zero-order valence-electron chi connectivity index (χ0n) is 8.58. The van der Waals surface area contributed by atoms with Gasteiger partial charge in [-0.25, -0.2) is 0 Å². The number of carbonyl (C=O) groups is 1. The van der Waals surface area contributed by atoms with Crippen molar-refractivity contribution in [2.75, 3.05) is 0 Å². The molecular formula is C10H18N2OS. The lowest BCUT2D eigenvalue weighted by Gasteiger charge is -2.17. The summed E-state index contributed by atoms with van der Waals surface area (Å²) in [6.07, 6.45) is 5.32. The number of nitrogens with one attached hydrogen (secondary N) is 1. The summed E-state index contributed by atoms with van der Waals surface area (Å²) in [5, 5.41) is 3.00. The second kappa shape index (κ2) is 5.29. The van der Waals surface area contributed by atoms with Crippen LogP contribution in [0.25, 0.3) is 0 Å². The Labute approximate surface area is 90.4 Å². The van der Waals surface area contributed by atoms with E-state index in [4.69, 9.17) is 18.0 Å². The molecule has 1 unspecified atom stereocenters. The third-order valence-corrected chi connectivity index (χ3v) is 3.05. The average molecular weight is 214 g/mol. The Kier molecular flexibility index (Phi) is 4.32. The molecule has 4 heteroatoms. The monoisotopic (exact) mass is 214 g/mol. The minimum atomic E-state index is -0.286. The van der Waals surface area contributed by atoms with Crippen LogP contribution in [0.4, 0.5) is 0 Å². The highest BCUT2D eigenvalue weighted by molar-refractivity contribution is 7.80. The first-order valence-corrected chi connectivity index (χ1v) is 5.65. The molecule has 3 nitrogen and oxygen atoms in total. The summed E-state index contributed by atoms with van der Waals surface area (Å²) >= 11 is 4.85. The second-order valence-electron chi connectivity index (χ2n) is 3.85. The number of nitrogens with two attached hydrogens (primary N) is 1. The van der Waals surface area contributed by atoms with E-state index in [2.05, 4.69) is 5.32 Å². The van der Waals surface area contributed by atoms with Gasteiger partial charge < -0.3 is 11.1 Å². The van der Waals surface area contributed by atoms with Gasteiger partial charge in [0.25, 0.3) is 0 Å². The molecule has 0 saturated heterocycles. The van der Waals surface area contributed by atoms with Crippen LogP contribution in [0.3, 0.4) is 0 Å². The topological polar surface area (TPSA) is 55.1 Å². The molecule has 1 atom stereocenters. The third-order valence-electron chi connectivity index (χ3n) is 2.77. The Balaban J connectivity index is 2.42. The molecule has 0 radical (unpaired) electrons. The van der Waals surface area contributed by atoms with E-state index in [9.17, 15) is 4.79 Å². The van der Waals surface area contributed by atoms with Crippen molar-refractivity contribution in [2.24, 2.45) is 11.7 Å². The summed E-state index contributed by atoms with van der Waals surface area (Å²) < 4.78 is 0. The normalized spacial score (nSPS) is 19.2. The highest BCUT2D eigenvalue weighted by Crippen LogP contribution is 2.18. The van der Waals surface area contributed by atoms with E-state index in [1.165, 1.54) is 12.8 Å². The minimum Gasteiger partial charge on any atom is -0.393 e. The summed E-state index contributed by atoms with van der Waals surface area (Å²) in [6, 6.07) is 0.353. The molecule has 0 heterocycles. The zero-order valence-corrected chi connectivity index (χ0v) is 9.40. The molecule has 80 valence electrons. The number of amides is 1. The molecule has 0 spiro atoms. The Bertz CT molecular complexity index is 224. The highest BCUT2D eigenvalue weighted by atomic mass is 32.1. The predicted octanol–water partition coefficient (Wildman–Crippen LogP) is 1.36. The van der Waals surface area contributed by atoms with Gasteiger partial charge in [-0.2, -0.15) is 0 Å². The maximum atomic E-state index is 11.7. The van der Waals surface area contributed by atoms with Gasteiger partial charge in [-0.05, 0) is 19.3 Å². The van der Waals surface area contributed by atoms with E-state index in [-0.39, 0.29) is 11.8 Å². The van der Waals surface area contributed by atoms with Crippen LogP contribution in [0, 0.1) is 5.92 Å². The van der Waals surface area contributed by atoms with Crippen LogP contribution in [0.5, 0.6) is 0 Å². The largest absolute Gasteiger partial charge is 0.393 e. The van der Waals surface area contributed by atoms with Gasteiger partial charge in [-0.1, -0.05) is 32.0 Å². The lowest BCUT2D eigenvalue weighted by atomic mass is 10.1. The Hall–Kier alpha value is -0.640. The Morgan fingerprint density at radius 2 is 2.14 bits per heavy atom. The standard InChI is InChI=1S/C10H18N2OS/c1-2-8(9(11)14)10(13)12-7-5-3-4-6-7/h7-8H,2-6H2,1H3,(H2,11,14)(H,12,13). The van der Waals surface area contributed by atoms with E-state index in [0.717, 1.165) is 12.8 Å². The van der Waals surface area contributed by atoms with Gasteiger partial charge in [0.15, 0.2) is 0 Å². The van der Waals surface area contributed by atoms with Gasteiger partial charge in [-0.3, -0.25) is 4.79 Å². The van der Waals surface area contributed by atoms with Gasteiger partial charge in [0.2, 0.25) is 5.91 Å². The molecule has 1 aliphatic rings. The summed E-state index contributed by atoms with van der Waals surface area (Å²) in [7, 11) is 0. The Morgan fingerprint density at radius 1 is 1.57 bits per heavy atom. The molecule has 0 aromatic heterocycles. The molecule has 0 aliphatic heterocycles. The van der Waals surface area contributed by atoms with Crippen LogP contribution in [-0.2, 0) is 4.79 Å². The van der Waals surface area contributed by atoms with E-state index >= 15 is 0 Å². The number of thiocarbonyl (C=S) groups is 1. The molecule has 14 heavy (non-hydrogen) atoms. The first-order valence-electron chi connectivity index (χ1n) is 5.24. The van der Waals surface area contributed by atoms with Gasteiger partial charge in [-0.15, -0.1) is 0 Å². The lowest BCUT2D eigenvalue weighted by molar-refractivity contribution is -0.123. The van der Waals surface area contributed by atoms with E-state index < -0.39 is 0 Å². The van der Waals surface area contributed by atoms with Crippen molar-refractivity contribution in [3.63, 3.8) is 0 Å². The average Bonchev–Trinajstić information content (AvgIpc) is 2.57. The smallest absolute Gasteiger partial charge is 0.230 e. The van der Waals surface area contributed by atoms with Crippen molar-refractivity contribution in [2.45, 2.75) is 45.1 Å². The first-order chi connectivity index (χ1) is 6.65. The van der Waals surface area contributed by atoms with Gasteiger partial charge in [0, 0.05) is 6.04 Å². The van der Waals surface area contributed by atoms with Crippen molar-refractivity contribution in [3.8, 4) is 0 Å². The fourth-order valence-corrected chi connectivity index (χ4v) is 2.16. The summed E-state index contributed by atoms with van der Waals surface area (Å²) in [5.74, 6) is -0.280. The number of rotatable bonds is 4. The van der Waals surface area contributed by atoms with Crippen LogP contribution < -0.4 is 11.1 Å². The van der Waals surface area contributed by atoms with Gasteiger partial charge in [0.05, 0.1) is 10.9 Å². The third kappa shape index (κ3) is 2.94. The lowest BCUT2D eigenvalue weighted by Crippen LogP contribution is -2.41. The van der Waals surface area contributed by atoms with Crippen molar-refractivity contribution < 1.29 is 4.79 Å². The molecule has 1 fully saturated rings. The predicted molar refractivity (Wildman–Crippen MR) is 61.0 cm³/mol. The van der Waals surface area contributed by atoms with Crippen molar-refractivity contribution in [1.82, 2.24) is 5.32 Å². The number of hydrogen-bond donors (Lipinski definition) is 2. The Morgan fingerprint density at radius 3 is 2.57 bits per heavy atom. The molecule has 3 N–H and O–H groups in total. The SMILES string of the molecule is CCC(C(=O)NC1CCCC1)C(N)=S. The molecule has 1 rings (SSSR count). The summed E-state index contributed by atoms with van der Waals surface area (Å²) in [6.45, 7) is 1.93. The van der Waals surface area contributed by atoms with Crippen molar-refractivity contribution >= 4 is 23.1 Å². The van der Waals surface area contributed by atoms with Crippen LogP contribution in [0.1, 0.15) is 39.0 Å². The van der Waals surface area contributed by atoms with Crippen molar-refractivity contribution in [3.05, 3.63) is 0 Å². The van der Waals surface area contributed by atoms with Crippen LogP contribution >= 0.6 is 12.2 Å².